The van der Waals surface area contributed by atoms with Crippen LogP contribution in [-0.4, -0.2) is 41.6 Å². The molecule has 3 rings (SSSR count). The van der Waals surface area contributed by atoms with Crippen molar-refractivity contribution in [1.82, 2.24) is 15.3 Å². The fourth-order valence-corrected chi connectivity index (χ4v) is 2.69. The summed E-state index contributed by atoms with van der Waals surface area (Å²) in [5, 5.41) is 11.2. The van der Waals surface area contributed by atoms with E-state index in [0.29, 0.717) is 24.6 Å². The van der Waals surface area contributed by atoms with Gasteiger partial charge in [-0.05, 0) is 13.0 Å². The number of aryl methyl sites for hydroxylation is 1. The average Bonchev–Trinajstić information content (AvgIpc) is 2.71. The lowest BCUT2D eigenvalue weighted by Crippen LogP contribution is -2.29. The van der Waals surface area contributed by atoms with Crippen LogP contribution < -0.4 is 26.0 Å². The number of halogens is 1. The Kier molecular flexibility index (Phi) is 7.04. The van der Waals surface area contributed by atoms with Gasteiger partial charge in [0.05, 0.1) is 41.0 Å². The maximum absolute atomic E-state index is 12.4. The molecule has 11 heteroatoms. The summed E-state index contributed by atoms with van der Waals surface area (Å²) in [7, 11) is 0. The first kappa shape index (κ1) is 21.3. The van der Waals surface area contributed by atoms with E-state index in [9.17, 15) is 9.59 Å². The number of aromatic nitrogens is 2. The number of nitrogens with one attached hydrogen (secondary N) is 4. The molecule has 1 saturated heterocycles. The van der Waals surface area contributed by atoms with E-state index in [2.05, 4.69) is 31.2 Å². The monoisotopic (exact) mass is 432 g/mol. The third-order valence-electron chi connectivity index (χ3n) is 3.83. The van der Waals surface area contributed by atoms with Crippen molar-refractivity contribution in [3.8, 4) is 5.75 Å². The Morgan fingerprint density at radius 3 is 2.70 bits per heavy atom. The first-order valence-corrected chi connectivity index (χ1v) is 9.45. The van der Waals surface area contributed by atoms with E-state index in [0.717, 1.165) is 12.2 Å². The largest absolute Gasteiger partial charge is 0.492 e. The highest BCUT2D eigenvalue weighted by molar-refractivity contribution is 6.34. The number of hydrogen-bond acceptors (Lipinski definition) is 7. The Morgan fingerprint density at radius 2 is 2.03 bits per heavy atom. The summed E-state index contributed by atoms with van der Waals surface area (Å²) in [5.74, 6) is 0.848. The number of anilines is 3. The second-order valence-corrected chi connectivity index (χ2v) is 6.77. The Bertz CT molecular complexity index is 956. The molecule has 2 heterocycles. The predicted octanol–water partition coefficient (Wildman–Crippen LogP) is 2.88. The Labute approximate surface area is 178 Å². The summed E-state index contributed by atoms with van der Waals surface area (Å²) in [4.78, 5) is 32.0. The summed E-state index contributed by atoms with van der Waals surface area (Å²) in [5.41, 5.74) is 1.35. The lowest BCUT2D eigenvalue weighted by Gasteiger charge is -2.18. The van der Waals surface area contributed by atoms with Crippen LogP contribution in [0.3, 0.4) is 0 Å². The van der Waals surface area contributed by atoms with Crippen molar-refractivity contribution in [2.24, 2.45) is 0 Å². The predicted molar refractivity (Wildman–Crippen MR) is 113 cm³/mol. The van der Waals surface area contributed by atoms with Gasteiger partial charge in [0.25, 0.3) is 0 Å². The van der Waals surface area contributed by atoms with Gasteiger partial charge in [-0.25, -0.2) is 9.78 Å². The number of ether oxygens (including phenoxy) is 2. The van der Waals surface area contributed by atoms with E-state index < -0.39 is 6.03 Å². The molecule has 10 nitrogen and oxygen atoms in total. The number of benzene rings is 1. The summed E-state index contributed by atoms with van der Waals surface area (Å²) in [6.45, 7) is 4.95. The van der Waals surface area contributed by atoms with Crippen LogP contribution >= 0.6 is 11.6 Å². The van der Waals surface area contributed by atoms with E-state index >= 15 is 0 Å². The second kappa shape index (κ2) is 9.90. The van der Waals surface area contributed by atoms with Crippen molar-refractivity contribution in [1.29, 1.82) is 0 Å². The number of urea groups is 1. The number of amides is 3. The SMILES string of the molecule is CC(=O)Nc1cc(O/C=C2/CNCCO2)c(NC(=O)Nc2cnc(C)cn2)cc1Cl. The van der Waals surface area contributed by atoms with Crippen LogP contribution in [0.1, 0.15) is 12.6 Å². The lowest BCUT2D eigenvalue weighted by atomic mass is 10.2. The summed E-state index contributed by atoms with van der Waals surface area (Å²) in [6, 6.07) is 2.42. The molecule has 0 spiro atoms. The van der Waals surface area contributed by atoms with Crippen LogP contribution in [0.4, 0.5) is 22.0 Å². The molecule has 1 aromatic carbocycles. The molecule has 1 aromatic heterocycles. The minimum Gasteiger partial charge on any atom is -0.492 e. The minimum absolute atomic E-state index is 0.228. The molecular weight excluding hydrogens is 412 g/mol. The van der Waals surface area contributed by atoms with Gasteiger partial charge < -0.3 is 25.4 Å². The van der Waals surface area contributed by atoms with Crippen molar-refractivity contribution >= 4 is 40.7 Å². The molecule has 3 amide bonds. The van der Waals surface area contributed by atoms with Crippen molar-refractivity contribution in [2.75, 3.05) is 35.6 Å². The van der Waals surface area contributed by atoms with E-state index in [4.69, 9.17) is 21.1 Å². The number of carbonyl (C=O) groups excluding carboxylic acids is 2. The summed E-state index contributed by atoms with van der Waals surface area (Å²) >= 11 is 6.24. The zero-order valence-corrected chi connectivity index (χ0v) is 17.2. The first-order valence-electron chi connectivity index (χ1n) is 9.07. The van der Waals surface area contributed by atoms with Crippen molar-refractivity contribution in [3.63, 3.8) is 0 Å². The Morgan fingerprint density at radius 1 is 1.20 bits per heavy atom. The van der Waals surface area contributed by atoms with Crippen molar-refractivity contribution in [3.05, 3.63) is 47.3 Å². The topological polar surface area (TPSA) is 126 Å². The summed E-state index contributed by atoms with van der Waals surface area (Å²) < 4.78 is 11.2. The third kappa shape index (κ3) is 6.06. The number of nitrogens with zero attached hydrogens (tertiary/aromatic N) is 2. The fraction of sp³-hybridized carbons (Fsp3) is 0.263. The first-order chi connectivity index (χ1) is 14.4. The van der Waals surface area contributed by atoms with Gasteiger partial charge in [-0.15, -0.1) is 0 Å². The lowest BCUT2D eigenvalue weighted by molar-refractivity contribution is -0.114. The van der Waals surface area contributed by atoms with Crippen LogP contribution in [0.2, 0.25) is 5.02 Å². The molecule has 0 atom stereocenters. The minimum atomic E-state index is -0.565. The fourth-order valence-electron chi connectivity index (χ4n) is 2.48. The highest BCUT2D eigenvalue weighted by atomic mass is 35.5. The number of carbonyl (C=O) groups is 2. The third-order valence-corrected chi connectivity index (χ3v) is 4.15. The zero-order valence-electron chi connectivity index (χ0n) is 16.4. The molecule has 0 radical (unpaired) electrons. The van der Waals surface area contributed by atoms with E-state index in [1.807, 2.05) is 0 Å². The molecule has 0 saturated carbocycles. The van der Waals surface area contributed by atoms with E-state index in [-0.39, 0.29) is 28.2 Å². The van der Waals surface area contributed by atoms with Crippen LogP contribution in [0.25, 0.3) is 0 Å². The molecule has 0 unspecified atom stereocenters. The van der Waals surface area contributed by atoms with Crippen LogP contribution in [0, 0.1) is 6.92 Å². The summed E-state index contributed by atoms with van der Waals surface area (Å²) in [6.07, 6.45) is 4.41. The second-order valence-electron chi connectivity index (χ2n) is 6.36. The molecular formula is C19H21ClN6O4. The highest BCUT2D eigenvalue weighted by Gasteiger charge is 2.15. The van der Waals surface area contributed by atoms with E-state index in [1.165, 1.54) is 37.7 Å². The molecule has 1 aliphatic heterocycles. The van der Waals surface area contributed by atoms with Gasteiger partial charge in [0, 0.05) is 19.5 Å². The smallest absolute Gasteiger partial charge is 0.325 e. The van der Waals surface area contributed by atoms with Crippen molar-refractivity contribution in [2.45, 2.75) is 13.8 Å². The standard InChI is InChI=1S/C19H21ClN6O4/c1-11-7-23-18(9-22-11)26-19(28)25-16-5-14(20)15(24-12(2)27)6-17(16)30-10-13-8-21-3-4-29-13/h5-7,9-10,21H,3-4,8H2,1-2H3,(H,24,27)(H2,23,25,26,28)/b13-10-. The number of hydrogen-bond donors (Lipinski definition) is 4. The van der Waals surface area contributed by atoms with Gasteiger partial charge in [0.1, 0.15) is 18.6 Å². The molecule has 1 fully saturated rings. The van der Waals surface area contributed by atoms with Gasteiger partial charge in [-0.1, -0.05) is 11.6 Å². The van der Waals surface area contributed by atoms with Crippen LogP contribution in [0.15, 0.2) is 36.5 Å². The van der Waals surface area contributed by atoms with Gasteiger partial charge >= 0.3 is 6.03 Å². The molecule has 0 aliphatic carbocycles. The molecule has 1 aliphatic rings. The molecule has 4 N–H and O–H groups in total. The molecule has 0 bridgehead atoms. The van der Waals surface area contributed by atoms with Crippen LogP contribution in [-0.2, 0) is 9.53 Å². The maximum atomic E-state index is 12.4. The van der Waals surface area contributed by atoms with Crippen LogP contribution in [0.5, 0.6) is 5.75 Å². The molecule has 158 valence electrons. The molecule has 30 heavy (non-hydrogen) atoms. The van der Waals surface area contributed by atoms with E-state index in [1.54, 1.807) is 6.92 Å². The van der Waals surface area contributed by atoms with Crippen molar-refractivity contribution < 1.29 is 19.1 Å². The zero-order chi connectivity index (χ0) is 21.5. The van der Waals surface area contributed by atoms with Gasteiger partial charge in [-0.3, -0.25) is 15.1 Å². The molecule has 2 aromatic rings. The quantitative estimate of drug-likeness (QED) is 0.535. The van der Waals surface area contributed by atoms with Gasteiger partial charge in [-0.2, -0.15) is 0 Å². The normalized spacial score (nSPS) is 14.6. The Balaban J connectivity index is 1.81. The Hall–Kier alpha value is -3.37. The number of morpholine rings is 1. The maximum Gasteiger partial charge on any atom is 0.325 e. The number of rotatable bonds is 5. The van der Waals surface area contributed by atoms with Gasteiger partial charge in [0.15, 0.2) is 11.6 Å². The highest BCUT2D eigenvalue weighted by Crippen LogP contribution is 2.35. The van der Waals surface area contributed by atoms with Gasteiger partial charge in [0.2, 0.25) is 5.91 Å². The average molecular weight is 433 g/mol.